The van der Waals surface area contributed by atoms with Crippen LogP contribution in [0.15, 0.2) is 17.1 Å². The van der Waals surface area contributed by atoms with Gasteiger partial charge in [-0.1, -0.05) is 0 Å². The van der Waals surface area contributed by atoms with Crippen LogP contribution in [0.5, 0.6) is 5.75 Å². The molecule has 0 radical (unpaired) electrons. The van der Waals surface area contributed by atoms with Gasteiger partial charge in [-0.05, 0) is 20.8 Å². The minimum Gasteiger partial charge on any atom is -0.481 e. The molecule has 0 saturated heterocycles. The molecule has 82 valence electrons. The molecule has 15 heavy (non-hydrogen) atoms. The molecule has 6 nitrogen and oxygen atoms in total. The Bertz CT molecular complexity index is 430. The molecule has 0 aliphatic heterocycles. The molecule has 0 saturated carbocycles. The first-order valence-corrected chi connectivity index (χ1v) is 4.36. The molecule has 1 aromatic heterocycles. The van der Waals surface area contributed by atoms with E-state index in [1.54, 1.807) is 20.8 Å². The first-order valence-electron chi connectivity index (χ1n) is 4.36. The van der Waals surface area contributed by atoms with E-state index in [-0.39, 0.29) is 11.4 Å². The van der Waals surface area contributed by atoms with Gasteiger partial charge in [0.1, 0.15) is 5.60 Å². The predicted octanol–water partition coefficient (Wildman–Crippen LogP) is 1.46. The molecule has 0 aromatic carbocycles. The van der Waals surface area contributed by atoms with E-state index in [2.05, 4.69) is 4.98 Å². The van der Waals surface area contributed by atoms with Crippen LogP contribution in [0.3, 0.4) is 0 Å². The van der Waals surface area contributed by atoms with Crippen LogP contribution in [0.1, 0.15) is 20.8 Å². The Hall–Kier alpha value is -1.85. The Balaban J connectivity index is 3.19. The van der Waals surface area contributed by atoms with Gasteiger partial charge in [-0.15, -0.1) is 0 Å². The van der Waals surface area contributed by atoms with Gasteiger partial charge in [-0.3, -0.25) is 14.9 Å². The van der Waals surface area contributed by atoms with Crippen molar-refractivity contribution < 1.29 is 9.66 Å². The van der Waals surface area contributed by atoms with Crippen LogP contribution in [0, 0.1) is 10.1 Å². The molecule has 0 amide bonds. The summed E-state index contributed by atoms with van der Waals surface area (Å²) >= 11 is 0. The van der Waals surface area contributed by atoms with E-state index < -0.39 is 16.1 Å². The van der Waals surface area contributed by atoms with Crippen LogP contribution in [-0.2, 0) is 0 Å². The first kappa shape index (κ1) is 11.2. The molecule has 1 heterocycles. The molecular formula is C9H12N2O4. The van der Waals surface area contributed by atoms with Gasteiger partial charge in [0.05, 0.1) is 17.2 Å². The summed E-state index contributed by atoms with van der Waals surface area (Å²) in [5, 5.41) is 10.6. The van der Waals surface area contributed by atoms with Crippen molar-refractivity contribution in [3.8, 4) is 5.75 Å². The zero-order chi connectivity index (χ0) is 11.6. The number of nitrogens with zero attached hydrogens (tertiary/aromatic N) is 1. The smallest absolute Gasteiger partial charge is 0.327 e. The maximum atomic E-state index is 11.0. The fourth-order valence-corrected chi connectivity index (χ4v) is 1.000. The number of aromatic nitrogens is 1. The van der Waals surface area contributed by atoms with E-state index in [1.165, 1.54) is 0 Å². The molecule has 0 bridgehead atoms. The van der Waals surface area contributed by atoms with E-state index >= 15 is 0 Å². The third kappa shape index (κ3) is 3.08. The molecule has 0 unspecified atom stereocenters. The molecule has 0 aliphatic rings. The highest BCUT2D eigenvalue weighted by atomic mass is 16.6. The molecule has 6 heteroatoms. The van der Waals surface area contributed by atoms with Gasteiger partial charge in [-0.25, -0.2) is 0 Å². The Labute approximate surface area is 86.0 Å². The van der Waals surface area contributed by atoms with Gasteiger partial charge in [-0.2, -0.15) is 0 Å². The van der Waals surface area contributed by atoms with Crippen molar-refractivity contribution in [2.45, 2.75) is 26.4 Å². The number of ether oxygens (including phenoxy) is 1. The largest absolute Gasteiger partial charge is 0.481 e. The maximum Gasteiger partial charge on any atom is 0.327 e. The molecular weight excluding hydrogens is 200 g/mol. The number of rotatable bonds is 2. The van der Waals surface area contributed by atoms with Crippen molar-refractivity contribution in [2.75, 3.05) is 0 Å². The third-order valence-electron chi connectivity index (χ3n) is 1.48. The predicted molar refractivity (Wildman–Crippen MR) is 54.1 cm³/mol. The minimum atomic E-state index is -0.600. The lowest BCUT2D eigenvalue weighted by Crippen LogP contribution is -2.24. The van der Waals surface area contributed by atoms with E-state index in [1.807, 2.05) is 0 Å². The average Bonchev–Trinajstić information content (AvgIpc) is 1.99. The number of nitro groups is 1. The zero-order valence-electron chi connectivity index (χ0n) is 8.73. The normalized spacial score (nSPS) is 11.1. The first-order chi connectivity index (χ1) is 6.79. The standard InChI is InChI=1S/C9H12N2O4/c1-9(2,3)15-7-4-8(12)10-5-6(7)11(13)14/h4-5H,1-3H3,(H,10,12). The summed E-state index contributed by atoms with van der Waals surface area (Å²) in [5.41, 5.74) is -1.26. The summed E-state index contributed by atoms with van der Waals surface area (Å²) in [7, 11) is 0. The number of pyridine rings is 1. The second kappa shape index (κ2) is 3.72. The minimum absolute atomic E-state index is 0.0174. The lowest BCUT2D eigenvalue weighted by Gasteiger charge is -2.20. The zero-order valence-corrected chi connectivity index (χ0v) is 8.73. The maximum absolute atomic E-state index is 11.0. The number of hydrogen-bond donors (Lipinski definition) is 1. The van der Waals surface area contributed by atoms with Crippen molar-refractivity contribution in [3.63, 3.8) is 0 Å². The SMILES string of the molecule is CC(C)(C)Oc1cc(=O)[nH]cc1[N+](=O)[O-]. The van der Waals surface area contributed by atoms with Crippen LogP contribution < -0.4 is 10.3 Å². The highest BCUT2D eigenvalue weighted by Crippen LogP contribution is 2.26. The summed E-state index contributed by atoms with van der Waals surface area (Å²) in [5.74, 6) is -0.0174. The van der Waals surface area contributed by atoms with Gasteiger partial charge in [0.25, 0.3) is 5.56 Å². The average molecular weight is 212 g/mol. The topological polar surface area (TPSA) is 85.2 Å². The molecule has 0 atom stereocenters. The quantitative estimate of drug-likeness (QED) is 0.594. The number of H-pyrrole nitrogens is 1. The van der Waals surface area contributed by atoms with Crippen LogP contribution in [0.25, 0.3) is 0 Å². The molecule has 1 N–H and O–H groups in total. The summed E-state index contributed by atoms with van der Waals surface area (Å²) in [6, 6.07) is 1.07. The summed E-state index contributed by atoms with van der Waals surface area (Å²) in [6.45, 7) is 5.24. The van der Waals surface area contributed by atoms with Crippen LogP contribution in [0.4, 0.5) is 5.69 Å². The van der Waals surface area contributed by atoms with Crippen molar-refractivity contribution in [1.29, 1.82) is 0 Å². The highest BCUT2D eigenvalue weighted by molar-refractivity contribution is 5.43. The van der Waals surface area contributed by atoms with Crippen molar-refractivity contribution >= 4 is 5.69 Å². The number of hydrogen-bond acceptors (Lipinski definition) is 4. The van der Waals surface area contributed by atoms with Gasteiger partial charge in [0, 0.05) is 0 Å². The lowest BCUT2D eigenvalue weighted by molar-refractivity contribution is -0.386. The van der Waals surface area contributed by atoms with Crippen molar-refractivity contribution in [2.24, 2.45) is 0 Å². The third-order valence-corrected chi connectivity index (χ3v) is 1.48. The molecule has 0 fully saturated rings. The van der Waals surface area contributed by atoms with Crippen LogP contribution in [0.2, 0.25) is 0 Å². The summed E-state index contributed by atoms with van der Waals surface area (Å²) in [6.07, 6.45) is 1.03. The molecule has 1 rings (SSSR count). The number of aromatic amines is 1. The Morgan fingerprint density at radius 3 is 2.53 bits per heavy atom. The molecule has 0 aliphatic carbocycles. The summed E-state index contributed by atoms with van der Waals surface area (Å²) < 4.78 is 5.31. The monoisotopic (exact) mass is 212 g/mol. The second-order valence-corrected chi connectivity index (χ2v) is 4.02. The Morgan fingerprint density at radius 2 is 2.07 bits per heavy atom. The van der Waals surface area contributed by atoms with E-state index in [9.17, 15) is 14.9 Å². The van der Waals surface area contributed by atoms with E-state index in [0.29, 0.717) is 0 Å². The summed E-state index contributed by atoms with van der Waals surface area (Å²) in [4.78, 5) is 23.2. The number of nitrogens with one attached hydrogen (secondary N) is 1. The Kier molecular flexibility index (Phi) is 2.78. The van der Waals surface area contributed by atoms with Crippen molar-refractivity contribution in [3.05, 3.63) is 32.7 Å². The van der Waals surface area contributed by atoms with Gasteiger partial charge >= 0.3 is 5.69 Å². The van der Waals surface area contributed by atoms with E-state index in [4.69, 9.17) is 4.74 Å². The molecule has 1 aromatic rings. The lowest BCUT2D eigenvalue weighted by atomic mass is 10.2. The fraction of sp³-hybridized carbons (Fsp3) is 0.444. The fourth-order valence-electron chi connectivity index (χ4n) is 1.000. The van der Waals surface area contributed by atoms with E-state index in [0.717, 1.165) is 12.3 Å². The van der Waals surface area contributed by atoms with Gasteiger partial charge < -0.3 is 9.72 Å². The van der Waals surface area contributed by atoms with Gasteiger partial charge in [0.15, 0.2) is 0 Å². The van der Waals surface area contributed by atoms with Gasteiger partial charge in [0.2, 0.25) is 5.75 Å². The molecule has 0 spiro atoms. The van der Waals surface area contributed by atoms with Crippen LogP contribution in [-0.4, -0.2) is 15.5 Å². The van der Waals surface area contributed by atoms with Crippen molar-refractivity contribution in [1.82, 2.24) is 4.98 Å². The Morgan fingerprint density at radius 1 is 1.47 bits per heavy atom. The second-order valence-electron chi connectivity index (χ2n) is 4.02. The highest BCUT2D eigenvalue weighted by Gasteiger charge is 2.21. The van der Waals surface area contributed by atoms with Crippen LogP contribution >= 0.6 is 0 Å².